The molecule has 0 aliphatic heterocycles. The number of terminal acetylenes is 1. The van der Waals surface area contributed by atoms with E-state index in [-0.39, 0.29) is 19.1 Å². The lowest BCUT2D eigenvalue weighted by atomic mass is 10.0. The topological polar surface area (TPSA) is 60.8 Å². The first kappa shape index (κ1) is 13.0. The van der Waals surface area contributed by atoms with Gasteiger partial charge >= 0.3 is 5.97 Å². The summed E-state index contributed by atoms with van der Waals surface area (Å²) in [6.45, 7) is 0.194. The third-order valence-corrected chi connectivity index (χ3v) is 3.05. The largest absolute Gasteiger partial charge is 0.480 e. The molecule has 16 heavy (non-hydrogen) atoms. The minimum atomic E-state index is -0.897. The highest BCUT2D eigenvalue weighted by atomic mass is 16.4. The number of aliphatic carboxylic acids is 1. The summed E-state index contributed by atoms with van der Waals surface area (Å²) >= 11 is 0. The maximum absolute atomic E-state index is 10.7. The predicted molar refractivity (Wildman–Crippen MR) is 60.9 cm³/mol. The van der Waals surface area contributed by atoms with E-state index in [4.69, 9.17) is 11.5 Å². The molecule has 1 fully saturated rings. The Morgan fingerprint density at radius 2 is 2.06 bits per heavy atom. The predicted octanol–water partition coefficient (Wildman–Crippen LogP) is 0.700. The number of hydrogen-bond acceptors (Lipinski definition) is 3. The smallest absolute Gasteiger partial charge is 0.317 e. The van der Waals surface area contributed by atoms with Gasteiger partial charge in [0.1, 0.15) is 0 Å². The number of aliphatic hydroxyl groups excluding tert-OH is 1. The minimum Gasteiger partial charge on any atom is -0.480 e. The van der Waals surface area contributed by atoms with Gasteiger partial charge in [-0.15, -0.1) is 6.42 Å². The van der Waals surface area contributed by atoms with Crippen LogP contribution in [0.4, 0.5) is 0 Å². The molecule has 0 spiro atoms. The molecule has 2 unspecified atom stereocenters. The van der Waals surface area contributed by atoms with Crippen molar-refractivity contribution < 1.29 is 15.0 Å². The van der Waals surface area contributed by atoms with E-state index in [0.29, 0.717) is 0 Å². The number of carbonyl (C=O) groups is 1. The standard InChI is InChI=1S/C12H19NO3/c1-2-8-13(9-12(15)16)10-6-4-3-5-7-11(10)14/h1,10-11,14H,3-9H2,(H,15,16). The highest BCUT2D eigenvalue weighted by Gasteiger charge is 2.28. The highest BCUT2D eigenvalue weighted by Crippen LogP contribution is 2.22. The van der Waals surface area contributed by atoms with E-state index in [0.717, 1.165) is 32.1 Å². The van der Waals surface area contributed by atoms with Gasteiger partial charge < -0.3 is 10.2 Å². The second kappa shape index (κ2) is 6.51. The number of rotatable bonds is 4. The van der Waals surface area contributed by atoms with Crippen molar-refractivity contribution in [1.29, 1.82) is 0 Å². The van der Waals surface area contributed by atoms with Crippen molar-refractivity contribution in [3.05, 3.63) is 0 Å². The lowest BCUT2D eigenvalue weighted by Crippen LogP contribution is -2.45. The molecule has 1 aliphatic carbocycles. The molecular formula is C12H19NO3. The second-order valence-electron chi connectivity index (χ2n) is 4.28. The monoisotopic (exact) mass is 225 g/mol. The highest BCUT2D eigenvalue weighted by molar-refractivity contribution is 5.69. The number of carboxylic acid groups (broad SMARTS) is 1. The normalized spacial score (nSPS) is 26.1. The molecule has 1 rings (SSSR count). The molecule has 0 bridgehead atoms. The molecule has 4 heteroatoms. The zero-order valence-electron chi connectivity index (χ0n) is 9.43. The van der Waals surface area contributed by atoms with Crippen LogP contribution in [-0.2, 0) is 4.79 Å². The summed E-state index contributed by atoms with van der Waals surface area (Å²) in [5.74, 6) is 1.57. The van der Waals surface area contributed by atoms with Crippen LogP contribution in [0.15, 0.2) is 0 Å². The molecule has 2 N–H and O–H groups in total. The number of carboxylic acids is 1. The molecule has 4 nitrogen and oxygen atoms in total. The third kappa shape index (κ3) is 3.84. The maximum Gasteiger partial charge on any atom is 0.317 e. The molecular weight excluding hydrogens is 206 g/mol. The lowest BCUT2D eigenvalue weighted by molar-refractivity contribution is -0.139. The Hall–Kier alpha value is -1.05. The molecule has 1 aliphatic rings. The minimum absolute atomic E-state index is 0.0913. The van der Waals surface area contributed by atoms with Gasteiger partial charge in [-0.3, -0.25) is 9.69 Å². The molecule has 0 aromatic rings. The number of hydrogen-bond donors (Lipinski definition) is 2. The van der Waals surface area contributed by atoms with Gasteiger partial charge in [0.2, 0.25) is 0 Å². The molecule has 0 heterocycles. The van der Waals surface area contributed by atoms with Crippen molar-refractivity contribution >= 4 is 5.97 Å². The average Bonchev–Trinajstić information content (AvgIpc) is 2.41. The van der Waals surface area contributed by atoms with Crippen LogP contribution in [-0.4, -0.2) is 46.3 Å². The van der Waals surface area contributed by atoms with Crippen LogP contribution in [0.5, 0.6) is 0 Å². The summed E-state index contributed by atoms with van der Waals surface area (Å²) in [7, 11) is 0. The molecule has 0 saturated heterocycles. The van der Waals surface area contributed by atoms with Crippen molar-refractivity contribution in [2.24, 2.45) is 0 Å². The first-order valence-electron chi connectivity index (χ1n) is 5.72. The van der Waals surface area contributed by atoms with Gasteiger partial charge in [0.25, 0.3) is 0 Å². The fourth-order valence-corrected chi connectivity index (χ4v) is 2.28. The zero-order chi connectivity index (χ0) is 12.0. The summed E-state index contributed by atoms with van der Waals surface area (Å²) in [4.78, 5) is 12.4. The van der Waals surface area contributed by atoms with Gasteiger partial charge in [-0.1, -0.05) is 25.2 Å². The second-order valence-corrected chi connectivity index (χ2v) is 4.28. The Morgan fingerprint density at radius 1 is 1.38 bits per heavy atom. The van der Waals surface area contributed by atoms with Crippen molar-refractivity contribution in [2.75, 3.05) is 13.1 Å². The molecule has 2 atom stereocenters. The van der Waals surface area contributed by atoms with Crippen LogP contribution >= 0.6 is 0 Å². The molecule has 90 valence electrons. The van der Waals surface area contributed by atoms with E-state index in [1.54, 1.807) is 4.90 Å². The first-order valence-corrected chi connectivity index (χ1v) is 5.72. The Morgan fingerprint density at radius 3 is 2.69 bits per heavy atom. The Kier molecular flexibility index (Phi) is 5.30. The molecule has 0 radical (unpaired) electrons. The van der Waals surface area contributed by atoms with Crippen LogP contribution in [0.1, 0.15) is 32.1 Å². The number of aliphatic hydroxyl groups is 1. The van der Waals surface area contributed by atoms with Crippen molar-refractivity contribution in [3.8, 4) is 12.3 Å². The van der Waals surface area contributed by atoms with Gasteiger partial charge in [0.05, 0.1) is 19.2 Å². The fraction of sp³-hybridized carbons (Fsp3) is 0.750. The molecule has 0 aromatic carbocycles. The SMILES string of the molecule is C#CCN(CC(=O)O)C1CCCCCC1O. The summed E-state index contributed by atoms with van der Waals surface area (Å²) in [5.41, 5.74) is 0. The van der Waals surface area contributed by atoms with Gasteiger partial charge in [-0.25, -0.2) is 0 Å². The Labute approximate surface area is 96.3 Å². The maximum atomic E-state index is 10.7. The summed E-state index contributed by atoms with van der Waals surface area (Å²) in [5, 5.41) is 18.8. The van der Waals surface area contributed by atoms with E-state index in [9.17, 15) is 9.90 Å². The van der Waals surface area contributed by atoms with Crippen LogP contribution in [0.2, 0.25) is 0 Å². The first-order chi connectivity index (χ1) is 7.65. The summed E-state index contributed by atoms with van der Waals surface area (Å²) in [6, 6.07) is -0.102. The van der Waals surface area contributed by atoms with E-state index in [1.807, 2.05) is 0 Å². The lowest BCUT2D eigenvalue weighted by Gasteiger charge is -2.31. The van der Waals surface area contributed by atoms with Crippen molar-refractivity contribution in [1.82, 2.24) is 4.90 Å². The van der Waals surface area contributed by atoms with E-state index < -0.39 is 12.1 Å². The van der Waals surface area contributed by atoms with E-state index >= 15 is 0 Å². The fourth-order valence-electron chi connectivity index (χ4n) is 2.28. The summed E-state index contributed by atoms with van der Waals surface area (Å²) < 4.78 is 0. The Bertz CT molecular complexity index is 272. The van der Waals surface area contributed by atoms with E-state index in [1.165, 1.54) is 0 Å². The van der Waals surface area contributed by atoms with Crippen LogP contribution < -0.4 is 0 Å². The average molecular weight is 225 g/mol. The van der Waals surface area contributed by atoms with Crippen molar-refractivity contribution in [3.63, 3.8) is 0 Å². The van der Waals surface area contributed by atoms with E-state index in [2.05, 4.69) is 5.92 Å². The zero-order valence-corrected chi connectivity index (χ0v) is 9.43. The van der Waals surface area contributed by atoms with Crippen molar-refractivity contribution in [2.45, 2.75) is 44.2 Å². The molecule has 0 aromatic heterocycles. The Balaban J connectivity index is 2.66. The van der Waals surface area contributed by atoms with Crippen LogP contribution in [0.3, 0.4) is 0 Å². The molecule has 1 saturated carbocycles. The molecule has 0 amide bonds. The van der Waals surface area contributed by atoms with Crippen LogP contribution in [0, 0.1) is 12.3 Å². The van der Waals surface area contributed by atoms with Gasteiger partial charge in [-0.05, 0) is 12.8 Å². The number of nitrogens with zero attached hydrogens (tertiary/aromatic N) is 1. The third-order valence-electron chi connectivity index (χ3n) is 3.05. The summed E-state index contributed by atoms with van der Waals surface area (Å²) in [6.07, 6.45) is 9.49. The van der Waals surface area contributed by atoms with Gasteiger partial charge in [0, 0.05) is 6.04 Å². The van der Waals surface area contributed by atoms with Gasteiger partial charge in [-0.2, -0.15) is 0 Å². The van der Waals surface area contributed by atoms with Gasteiger partial charge in [0.15, 0.2) is 0 Å². The van der Waals surface area contributed by atoms with Crippen LogP contribution in [0.25, 0.3) is 0 Å². The quantitative estimate of drug-likeness (QED) is 0.546.